The van der Waals surface area contributed by atoms with Crippen LogP contribution < -0.4 is 25.8 Å². The molecule has 18 heavy (non-hydrogen) atoms. The summed E-state index contributed by atoms with van der Waals surface area (Å²) in [6.45, 7) is 1.10. The minimum atomic E-state index is -0.268. The fraction of sp³-hybridized carbons (Fsp3) is 0.417. The maximum atomic E-state index is 11.5. The summed E-state index contributed by atoms with van der Waals surface area (Å²) in [5.41, 5.74) is 5.97. The summed E-state index contributed by atoms with van der Waals surface area (Å²) in [5, 5.41) is 5.40. The highest BCUT2D eigenvalue weighted by molar-refractivity contribution is 5.89. The first kappa shape index (κ1) is 14.1. The number of rotatable bonds is 6. The number of benzene rings is 1. The number of hydrogen-bond donors (Lipinski definition) is 3. The fourth-order valence-corrected chi connectivity index (χ4v) is 1.39. The van der Waals surface area contributed by atoms with E-state index in [0.29, 0.717) is 30.3 Å². The number of carbonyl (C=O) groups is 1. The molecular formula is C12H19N3O3. The van der Waals surface area contributed by atoms with Gasteiger partial charge in [-0.15, -0.1) is 0 Å². The van der Waals surface area contributed by atoms with E-state index in [-0.39, 0.29) is 6.03 Å². The smallest absolute Gasteiger partial charge is 0.319 e. The van der Waals surface area contributed by atoms with Crippen LogP contribution in [0.2, 0.25) is 0 Å². The second kappa shape index (κ2) is 7.39. The molecule has 6 heteroatoms. The molecule has 0 aliphatic heterocycles. The van der Waals surface area contributed by atoms with Crippen LogP contribution in [-0.2, 0) is 0 Å². The van der Waals surface area contributed by atoms with Crippen molar-refractivity contribution in [3.05, 3.63) is 18.2 Å². The Balaban J connectivity index is 2.59. The average Bonchev–Trinajstić information content (AvgIpc) is 2.39. The van der Waals surface area contributed by atoms with Crippen molar-refractivity contribution in [2.45, 2.75) is 6.42 Å². The summed E-state index contributed by atoms with van der Waals surface area (Å²) in [4.78, 5) is 11.5. The summed E-state index contributed by atoms with van der Waals surface area (Å²) in [6.07, 6.45) is 0.749. The molecule has 1 rings (SSSR count). The lowest BCUT2D eigenvalue weighted by molar-refractivity contribution is 0.252. The number of hydrogen-bond acceptors (Lipinski definition) is 4. The number of amides is 2. The number of ether oxygens (including phenoxy) is 2. The first-order valence-electron chi connectivity index (χ1n) is 5.68. The van der Waals surface area contributed by atoms with E-state index in [2.05, 4.69) is 10.6 Å². The average molecular weight is 253 g/mol. The first-order valence-corrected chi connectivity index (χ1v) is 5.68. The molecule has 0 aromatic heterocycles. The van der Waals surface area contributed by atoms with Gasteiger partial charge >= 0.3 is 6.03 Å². The lowest BCUT2D eigenvalue weighted by Gasteiger charge is -2.11. The number of methoxy groups -OCH3 is 2. The fourth-order valence-electron chi connectivity index (χ4n) is 1.39. The first-order chi connectivity index (χ1) is 8.71. The molecule has 0 aliphatic rings. The van der Waals surface area contributed by atoms with Crippen LogP contribution in [0, 0.1) is 0 Å². The van der Waals surface area contributed by atoms with Crippen molar-refractivity contribution in [3.8, 4) is 11.5 Å². The number of anilines is 1. The molecule has 0 unspecified atom stereocenters. The molecule has 0 aliphatic carbocycles. The molecule has 0 saturated heterocycles. The van der Waals surface area contributed by atoms with Crippen LogP contribution in [0.3, 0.4) is 0 Å². The van der Waals surface area contributed by atoms with Crippen molar-refractivity contribution in [2.75, 3.05) is 32.6 Å². The third-order valence-electron chi connectivity index (χ3n) is 2.31. The minimum absolute atomic E-state index is 0.268. The lowest BCUT2D eigenvalue weighted by atomic mass is 10.3. The van der Waals surface area contributed by atoms with E-state index in [4.69, 9.17) is 15.2 Å². The zero-order valence-corrected chi connectivity index (χ0v) is 10.7. The molecule has 100 valence electrons. The quantitative estimate of drug-likeness (QED) is 0.664. The second-order valence-corrected chi connectivity index (χ2v) is 3.59. The summed E-state index contributed by atoms with van der Waals surface area (Å²) < 4.78 is 10.3. The van der Waals surface area contributed by atoms with Gasteiger partial charge < -0.3 is 25.8 Å². The predicted octanol–water partition coefficient (Wildman–Crippen LogP) is 1.17. The number of carbonyl (C=O) groups excluding carboxylic acids is 1. The van der Waals surface area contributed by atoms with Gasteiger partial charge in [0.25, 0.3) is 0 Å². The molecule has 2 amide bonds. The van der Waals surface area contributed by atoms with Crippen LogP contribution in [0.5, 0.6) is 11.5 Å². The van der Waals surface area contributed by atoms with Gasteiger partial charge in [0.1, 0.15) is 0 Å². The maximum absolute atomic E-state index is 11.5. The van der Waals surface area contributed by atoms with Gasteiger partial charge in [-0.2, -0.15) is 0 Å². The summed E-state index contributed by atoms with van der Waals surface area (Å²) >= 11 is 0. The van der Waals surface area contributed by atoms with E-state index in [0.717, 1.165) is 6.42 Å². The van der Waals surface area contributed by atoms with Crippen LogP contribution >= 0.6 is 0 Å². The minimum Gasteiger partial charge on any atom is -0.493 e. The molecule has 6 nitrogen and oxygen atoms in total. The van der Waals surface area contributed by atoms with E-state index in [1.165, 1.54) is 0 Å². The Bertz CT molecular complexity index is 396. The summed E-state index contributed by atoms with van der Waals surface area (Å²) in [7, 11) is 3.10. The molecule has 0 bridgehead atoms. The molecule has 0 atom stereocenters. The highest BCUT2D eigenvalue weighted by atomic mass is 16.5. The summed E-state index contributed by atoms with van der Waals surface area (Å²) in [6, 6.07) is 4.90. The van der Waals surface area contributed by atoms with Gasteiger partial charge in [-0.1, -0.05) is 0 Å². The zero-order chi connectivity index (χ0) is 13.4. The third-order valence-corrected chi connectivity index (χ3v) is 2.31. The maximum Gasteiger partial charge on any atom is 0.319 e. The molecule has 1 aromatic carbocycles. The van der Waals surface area contributed by atoms with E-state index in [1.54, 1.807) is 32.4 Å². The topological polar surface area (TPSA) is 85.6 Å². The van der Waals surface area contributed by atoms with E-state index in [9.17, 15) is 4.79 Å². The molecule has 0 saturated carbocycles. The van der Waals surface area contributed by atoms with Crippen molar-refractivity contribution in [2.24, 2.45) is 5.73 Å². The number of nitrogens with two attached hydrogens (primary N) is 1. The molecule has 1 aromatic rings. The molecular weight excluding hydrogens is 234 g/mol. The Morgan fingerprint density at radius 2 is 2.00 bits per heavy atom. The van der Waals surface area contributed by atoms with Crippen molar-refractivity contribution in [1.29, 1.82) is 0 Å². The van der Waals surface area contributed by atoms with Crippen LogP contribution in [-0.4, -0.2) is 33.3 Å². The highest BCUT2D eigenvalue weighted by Crippen LogP contribution is 2.29. The Morgan fingerprint density at radius 1 is 1.28 bits per heavy atom. The van der Waals surface area contributed by atoms with E-state index >= 15 is 0 Å². The zero-order valence-electron chi connectivity index (χ0n) is 10.7. The largest absolute Gasteiger partial charge is 0.493 e. The molecule has 0 heterocycles. The molecule has 0 radical (unpaired) electrons. The van der Waals surface area contributed by atoms with Gasteiger partial charge in [-0.3, -0.25) is 0 Å². The second-order valence-electron chi connectivity index (χ2n) is 3.59. The van der Waals surface area contributed by atoms with Crippen LogP contribution in [0.15, 0.2) is 18.2 Å². The SMILES string of the molecule is COc1ccc(NC(=O)NCCCN)cc1OC. The normalized spacial score (nSPS) is 9.72. The molecule has 0 fully saturated rings. The van der Waals surface area contributed by atoms with Crippen molar-refractivity contribution < 1.29 is 14.3 Å². The Hall–Kier alpha value is -1.95. The monoisotopic (exact) mass is 253 g/mol. The Morgan fingerprint density at radius 3 is 2.61 bits per heavy atom. The number of nitrogens with one attached hydrogen (secondary N) is 2. The van der Waals surface area contributed by atoms with Gasteiger partial charge in [-0.05, 0) is 25.1 Å². The Labute approximate surface area is 106 Å². The van der Waals surface area contributed by atoms with Gasteiger partial charge in [-0.25, -0.2) is 4.79 Å². The predicted molar refractivity (Wildman–Crippen MR) is 70.2 cm³/mol. The van der Waals surface area contributed by atoms with Crippen LogP contribution in [0.1, 0.15) is 6.42 Å². The van der Waals surface area contributed by atoms with Crippen LogP contribution in [0.25, 0.3) is 0 Å². The van der Waals surface area contributed by atoms with Crippen molar-refractivity contribution in [1.82, 2.24) is 5.32 Å². The Kier molecular flexibility index (Phi) is 5.79. The van der Waals surface area contributed by atoms with Gasteiger partial charge in [0, 0.05) is 18.3 Å². The van der Waals surface area contributed by atoms with Gasteiger partial charge in [0.2, 0.25) is 0 Å². The highest BCUT2D eigenvalue weighted by Gasteiger charge is 2.06. The lowest BCUT2D eigenvalue weighted by Crippen LogP contribution is -2.30. The van der Waals surface area contributed by atoms with E-state index in [1.807, 2.05) is 0 Å². The van der Waals surface area contributed by atoms with Crippen molar-refractivity contribution >= 4 is 11.7 Å². The third kappa shape index (κ3) is 4.14. The van der Waals surface area contributed by atoms with Gasteiger partial charge in [0.15, 0.2) is 11.5 Å². The molecule has 4 N–H and O–H groups in total. The van der Waals surface area contributed by atoms with Crippen LogP contribution in [0.4, 0.5) is 10.5 Å². The molecule has 0 spiro atoms. The summed E-state index contributed by atoms with van der Waals surface area (Å²) in [5.74, 6) is 1.18. The van der Waals surface area contributed by atoms with Gasteiger partial charge in [0.05, 0.1) is 14.2 Å². The van der Waals surface area contributed by atoms with E-state index < -0.39 is 0 Å². The standard InChI is InChI=1S/C12H19N3O3/c1-17-10-5-4-9(8-11(10)18-2)15-12(16)14-7-3-6-13/h4-5,8H,3,6-7,13H2,1-2H3,(H2,14,15,16). The van der Waals surface area contributed by atoms with Crippen molar-refractivity contribution in [3.63, 3.8) is 0 Å². The number of urea groups is 1.